The fraction of sp³-hybridized carbons (Fsp3) is 0.727. The van der Waals surface area contributed by atoms with Crippen LogP contribution in [0.4, 0.5) is 0 Å². The summed E-state index contributed by atoms with van der Waals surface area (Å²) in [5, 5.41) is 10.4. The predicted molar refractivity (Wildman–Crippen MR) is 102 cm³/mol. The summed E-state index contributed by atoms with van der Waals surface area (Å²) in [4.78, 5) is 0. The summed E-state index contributed by atoms with van der Waals surface area (Å²) < 4.78 is 0. The summed E-state index contributed by atoms with van der Waals surface area (Å²) in [6.07, 6.45) is 15.2. The number of aromatic hydroxyl groups is 1. The Morgan fingerprint density at radius 2 is 1.48 bits per heavy atom. The van der Waals surface area contributed by atoms with Crippen molar-refractivity contribution in [3.63, 3.8) is 0 Å². The molecule has 1 N–H and O–H groups in total. The van der Waals surface area contributed by atoms with E-state index in [0.29, 0.717) is 11.7 Å². The van der Waals surface area contributed by atoms with Crippen molar-refractivity contribution >= 4 is 0 Å². The SMILES string of the molecule is CCCCCCCCc1c(O)cccc1C(CCC)CCCC. The van der Waals surface area contributed by atoms with Crippen molar-refractivity contribution in [3.05, 3.63) is 29.3 Å². The number of phenols is 1. The second kappa shape index (κ2) is 12.4. The van der Waals surface area contributed by atoms with E-state index in [0.717, 1.165) is 6.42 Å². The highest BCUT2D eigenvalue weighted by Crippen LogP contribution is 2.34. The van der Waals surface area contributed by atoms with E-state index in [1.165, 1.54) is 81.8 Å². The molecule has 23 heavy (non-hydrogen) atoms. The highest BCUT2D eigenvalue weighted by atomic mass is 16.3. The van der Waals surface area contributed by atoms with Crippen LogP contribution in [-0.2, 0) is 6.42 Å². The van der Waals surface area contributed by atoms with Crippen LogP contribution in [0.15, 0.2) is 18.2 Å². The third-order valence-corrected chi connectivity index (χ3v) is 4.95. The highest BCUT2D eigenvalue weighted by molar-refractivity contribution is 5.41. The van der Waals surface area contributed by atoms with E-state index in [1.54, 1.807) is 0 Å². The summed E-state index contributed by atoms with van der Waals surface area (Å²) in [5.74, 6) is 1.15. The van der Waals surface area contributed by atoms with Gasteiger partial charge >= 0.3 is 0 Å². The van der Waals surface area contributed by atoms with Gasteiger partial charge in [-0.25, -0.2) is 0 Å². The van der Waals surface area contributed by atoms with E-state index in [9.17, 15) is 5.11 Å². The van der Waals surface area contributed by atoms with E-state index in [-0.39, 0.29) is 0 Å². The summed E-state index contributed by atoms with van der Waals surface area (Å²) >= 11 is 0. The zero-order valence-corrected chi connectivity index (χ0v) is 15.7. The van der Waals surface area contributed by atoms with E-state index in [4.69, 9.17) is 0 Å². The third-order valence-electron chi connectivity index (χ3n) is 4.95. The van der Waals surface area contributed by atoms with Gasteiger partial charge in [-0.2, -0.15) is 0 Å². The summed E-state index contributed by atoms with van der Waals surface area (Å²) in [5.41, 5.74) is 2.66. The molecule has 0 saturated carbocycles. The Labute approximate surface area is 144 Å². The van der Waals surface area contributed by atoms with Gasteiger partial charge in [-0.05, 0) is 48.8 Å². The fourth-order valence-electron chi connectivity index (χ4n) is 3.58. The molecule has 1 aromatic carbocycles. The fourth-order valence-corrected chi connectivity index (χ4v) is 3.58. The van der Waals surface area contributed by atoms with Crippen LogP contribution in [-0.4, -0.2) is 5.11 Å². The first-order valence-electron chi connectivity index (χ1n) is 10.0. The minimum atomic E-state index is 0.522. The molecule has 0 aliphatic heterocycles. The molecule has 0 aromatic heterocycles. The monoisotopic (exact) mass is 318 g/mol. The molecule has 0 saturated heterocycles. The van der Waals surface area contributed by atoms with Crippen molar-refractivity contribution in [2.75, 3.05) is 0 Å². The molecule has 0 spiro atoms. The molecule has 0 fully saturated rings. The van der Waals surface area contributed by atoms with Crippen molar-refractivity contribution in [2.45, 2.75) is 104 Å². The zero-order valence-electron chi connectivity index (χ0n) is 15.7. The maximum Gasteiger partial charge on any atom is 0.119 e. The molecule has 0 bridgehead atoms. The Morgan fingerprint density at radius 1 is 0.783 bits per heavy atom. The van der Waals surface area contributed by atoms with Crippen LogP contribution < -0.4 is 0 Å². The number of unbranched alkanes of at least 4 members (excludes halogenated alkanes) is 6. The lowest BCUT2D eigenvalue weighted by atomic mass is 9.85. The Morgan fingerprint density at radius 3 is 2.17 bits per heavy atom. The average molecular weight is 319 g/mol. The van der Waals surface area contributed by atoms with Gasteiger partial charge in [-0.1, -0.05) is 84.3 Å². The summed E-state index contributed by atoms with van der Waals surface area (Å²) in [7, 11) is 0. The summed E-state index contributed by atoms with van der Waals surface area (Å²) in [6.45, 7) is 6.80. The predicted octanol–water partition coefficient (Wildman–Crippen LogP) is 7.37. The molecule has 0 heterocycles. The van der Waals surface area contributed by atoms with Crippen LogP contribution in [0.3, 0.4) is 0 Å². The molecule has 0 aliphatic rings. The Hall–Kier alpha value is -0.980. The summed E-state index contributed by atoms with van der Waals surface area (Å²) in [6, 6.07) is 6.17. The maximum atomic E-state index is 10.4. The molecule has 0 amide bonds. The lowest BCUT2D eigenvalue weighted by Crippen LogP contribution is -2.04. The molecule has 1 nitrogen and oxygen atoms in total. The third kappa shape index (κ3) is 7.42. The van der Waals surface area contributed by atoms with Gasteiger partial charge in [0, 0.05) is 0 Å². The van der Waals surface area contributed by atoms with E-state index < -0.39 is 0 Å². The average Bonchev–Trinajstić information content (AvgIpc) is 2.56. The topological polar surface area (TPSA) is 20.2 Å². The number of hydrogen-bond acceptors (Lipinski definition) is 1. The number of rotatable bonds is 13. The molecule has 1 rings (SSSR count). The Bertz CT molecular complexity index is 410. The van der Waals surface area contributed by atoms with E-state index in [1.807, 2.05) is 12.1 Å². The molecule has 1 heteroatoms. The quantitative estimate of drug-likeness (QED) is 0.376. The highest BCUT2D eigenvalue weighted by Gasteiger charge is 2.16. The first-order valence-corrected chi connectivity index (χ1v) is 10.0. The van der Waals surface area contributed by atoms with Crippen molar-refractivity contribution < 1.29 is 5.11 Å². The van der Waals surface area contributed by atoms with Gasteiger partial charge < -0.3 is 5.11 Å². The molecular formula is C22H38O. The Kier molecular flexibility index (Phi) is 10.9. The largest absolute Gasteiger partial charge is 0.508 e. The second-order valence-corrected chi connectivity index (χ2v) is 6.99. The van der Waals surface area contributed by atoms with Crippen LogP contribution in [0.2, 0.25) is 0 Å². The molecular weight excluding hydrogens is 280 g/mol. The van der Waals surface area contributed by atoms with Crippen LogP contribution >= 0.6 is 0 Å². The van der Waals surface area contributed by atoms with Crippen LogP contribution in [0, 0.1) is 0 Å². The van der Waals surface area contributed by atoms with Gasteiger partial charge in [-0.15, -0.1) is 0 Å². The molecule has 0 radical (unpaired) electrons. The van der Waals surface area contributed by atoms with Crippen LogP contribution in [0.5, 0.6) is 5.75 Å². The lowest BCUT2D eigenvalue weighted by Gasteiger charge is -2.21. The minimum Gasteiger partial charge on any atom is -0.508 e. The van der Waals surface area contributed by atoms with Gasteiger partial charge in [0.05, 0.1) is 0 Å². The minimum absolute atomic E-state index is 0.522. The number of benzene rings is 1. The smallest absolute Gasteiger partial charge is 0.119 e. The number of hydrogen-bond donors (Lipinski definition) is 1. The number of phenolic OH excluding ortho intramolecular Hbond substituents is 1. The second-order valence-electron chi connectivity index (χ2n) is 6.99. The van der Waals surface area contributed by atoms with Crippen molar-refractivity contribution in [3.8, 4) is 5.75 Å². The van der Waals surface area contributed by atoms with Crippen molar-refractivity contribution in [1.82, 2.24) is 0 Å². The zero-order chi connectivity index (χ0) is 16.9. The molecule has 132 valence electrons. The van der Waals surface area contributed by atoms with Gasteiger partial charge in [0.15, 0.2) is 0 Å². The standard InChI is InChI=1S/C22H38O/c1-4-7-9-10-11-12-16-21-20(17-13-18-22(21)23)19(14-6-3)15-8-5-2/h13,17-19,23H,4-12,14-16H2,1-3H3. The van der Waals surface area contributed by atoms with Crippen molar-refractivity contribution in [2.24, 2.45) is 0 Å². The first-order chi connectivity index (χ1) is 11.2. The van der Waals surface area contributed by atoms with Crippen LogP contribution in [0.1, 0.15) is 108 Å². The van der Waals surface area contributed by atoms with Crippen LogP contribution in [0.25, 0.3) is 0 Å². The molecule has 1 aromatic rings. The maximum absolute atomic E-state index is 10.4. The molecule has 0 aliphatic carbocycles. The normalized spacial score (nSPS) is 12.5. The first kappa shape index (κ1) is 20.1. The van der Waals surface area contributed by atoms with Gasteiger partial charge in [0.2, 0.25) is 0 Å². The molecule has 1 atom stereocenters. The lowest BCUT2D eigenvalue weighted by molar-refractivity contribution is 0.459. The van der Waals surface area contributed by atoms with E-state index in [2.05, 4.69) is 26.8 Å². The molecule has 1 unspecified atom stereocenters. The van der Waals surface area contributed by atoms with E-state index >= 15 is 0 Å². The van der Waals surface area contributed by atoms with Gasteiger partial charge in [0.1, 0.15) is 5.75 Å². The Balaban J connectivity index is 2.69. The van der Waals surface area contributed by atoms with Gasteiger partial charge in [0.25, 0.3) is 0 Å². The van der Waals surface area contributed by atoms with Gasteiger partial charge in [-0.3, -0.25) is 0 Å². The van der Waals surface area contributed by atoms with Crippen molar-refractivity contribution in [1.29, 1.82) is 0 Å².